The van der Waals surface area contributed by atoms with E-state index < -0.39 is 21.7 Å². The van der Waals surface area contributed by atoms with Crippen LogP contribution in [0.25, 0.3) is 11.1 Å². The normalized spacial score (nSPS) is 11.0. The van der Waals surface area contributed by atoms with Gasteiger partial charge in [0.1, 0.15) is 17.3 Å². The SMILES string of the molecule is COc1ncccc1-c1cc(C(=O)NS(C)(=O)=O)ccc1Oc1ccc(F)cc1. The summed E-state index contributed by atoms with van der Waals surface area (Å²) in [5, 5.41) is 0. The first-order valence-corrected chi connectivity index (χ1v) is 10.2. The van der Waals surface area contributed by atoms with E-state index in [1.165, 1.54) is 49.6 Å². The molecule has 29 heavy (non-hydrogen) atoms. The highest BCUT2D eigenvalue weighted by atomic mass is 32.2. The van der Waals surface area contributed by atoms with Gasteiger partial charge in [-0.3, -0.25) is 4.79 Å². The molecule has 0 aliphatic rings. The van der Waals surface area contributed by atoms with E-state index in [0.29, 0.717) is 22.6 Å². The van der Waals surface area contributed by atoms with Crippen molar-refractivity contribution < 1.29 is 27.1 Å². The molecule has 0 saturated carbocycles. The summed E-state index contributed by atoms with van der Waals surface area (Å²) < 4.78 is 49.0. The summed E-state index contributed by atoms with van der Waals surface area (Å²) in [4.78, 5) is 16.4. The first-order valence-electron chi connectivity index (χ1n) is 8.36. The van der Waals surface area contributed by atoms with Gasteiger partial charge >= 0.3 is 0 Å². The van der Waals surface area contributed by atoms with Crippen LogP contribution in [-0.2, 0) is 10.0 Å². The van der Waals surface area contributed by atoms with Gasteiger partial charge < -0.3 is 9.47 Å². The highest BCUT2D eigenvalue weighted by Gasteiger charge is 2.18. The maximum Gasteiger partial charge on any atom is 0.264 e. The monoisotopic (exact) mass is 416 g/mol. The van der Waals surface area contributed by atoms with Crippen molar-refractivity contribution in [3.8, 4) is 28.5 Å². The molecule has 1 amide bonds. The number of rotatable bonds is 6. The lowest BCUT2D eigenvalue weighted by molar-refractivity contribution is 0.0981. The third-order valence-corrected chi connectivity index (χ3v) is 4.37. The quantitative estimate of drug-likeness (QED) is 0.662. The second kappa shape index (κ2) is 8.27. The molecule has 7 nitrogen and oxygen atoms in total. The number of ether oxygens (including phenoxy) is 2. The smallest absolute Gasteiger partial charge is 0.264 e. The van der Waals surface area contributed by atoms with Gasteiger partial charge in [-0.25, -0.2) is 22.5 Å². The average Bonchev–Trinajstić information content (AvgIpc) is 2.68. The molecule has 0 atom stereocenters. The minimum absolute atomic E-state index is 0.0998. The number of pyridine rings is 1. The van der Waals surface area contributed by atoms with Crippen LogP contribution in [0.4, 0.5) is 4.39 Å². The van der Waals surface area contributed by atoms with Crippen LogP contribution in [-0.4, -0.2) is 32.7 Å². The third kappa shape index (κ3) is 5.08. The summed E-state index contributed by atoms with van der Waals surface area (Å²) in [6.07, 6.45) is 2.44. The fourth-order valence-corrected chi connectivity index (χ4v) is 3.04. The maximum atomic E-state index is 13.2. The number of hydrogen-bond acceptors (Lipinski definition) is 6. The average molecular weight is 416 g/mol. The highest BCUT2D eigenvalue weighted by molar-refractivity contribution is 7.89. The molecule has 0 aliphatic carbocycles. The van der Waals surface area contributed by atoms with Gasteiger partial charge in [-0.05, 0) is 54.6 Å². The van der Waals surface area contributed by atoms with Crippen molar-refractivity contribution in [3.63, 3.8) is 0 Å². The van der Waals surface area contributed by atoms with Crippen molar-refractivity contribution in [3.05, 3.63) is 72.2 Å². The Labute approximate surface area is 167 Å². The van der Waals surface area contributed by atoms with Gasteiger partial charge in [0.15, 0.2) is 0 Å². The van der Waals surface area contributed by atoms with Gasteiger partial charge in [-0.2, -0.15) is 0 Å². The molecule has 3 rings (SSSR count). The molecule has 3 aromatic rings. The number of hydrogen-bond donors (Lipinski definition) is 1. The van der Waals surface area contributed by atoms with Crippen molar-refractivity contribution >= 4 is 15.9 Å². The van der Waals surface area contributed by atoms with Crippen LogP contribution in [0.5, 0.6) is 17.4 Å². The summed E-state index contributed by atoms with van der Waals surface area (Å²) in [6, 6.07) is 13.3. The van der Waals surface area contributed by atoms with E-state index in [1.54, 1.807) is 18.3 Å². The van der Waals surface area contributed by atoms with Crippen LogP contribution in [0.3, 0.4) is 0 Å². The molecule has 0 unspecified atom stereocenters. The molecule has 1 aromatic heterocycles. The van der Waals surface area contributed by atoms with E-state index in [2.05, 4.69) is 4.98 Å². The minimum Gasteiger partial charge on any atom is -0.481 e. The Morgan fingerprint density at radius 1 is 1.07 bits per heavy atom. The highest BCUT2D eigenvalue weighted by Crippen LogP contribution is 2.38. The van der Waals surface area contributed by atoms with Crippen molar-refractivity contribution in [1.29, 1.82) is 0 Å². The second-order valence-electron chi connectivity index (χ2n) is 6.03. The van der Waals surface area contributed by atoms with E-state index in [1.807, 2.05) is 4.72 Å². The standard InChI is InChI=1S/C20H17FN2O5S/c1-27-20-16(4-3-11-22-20)17-12-13(19(24)23-29(2,25)26)5-10-18(17)28-15-8-6-14(21)7-9-15/h3-12H,1-2H3,(H,23,24). The Morgan fingerprint density at radius 2 is 1.79 bits per heavy atom. The first kappa shape index (κ1) is 20.3. The number of carbonyl (C=O) groups is 1. The zero-order valence-corrected chi connectivity index (χ0v) is 16.4. The number of benzene rings is 2. The maximum absolute atomic E-state index is 13.2. The van der Waals surface area contributed by atoms with Gasteiger partial charge in [0.2, 0.25) is 15.9 Å². The summed E-state index contributed by atoms with van der Waals surface area (Å²) in [5.41, 5.74) is 1.07. The van der Waals surface area contributed by atoms with Crippen molar-refractivity contribution in [2.75, 3.05) is 13.4 Å². The van der Waals surface area contributed by atoms with E-state index in [0.717, 1.165) is 6.26 Å². The largest absolute Gasteiger partial charge is 0.481 e. The zero-order chi connectivity index (χ0) is 21.0. The van der Waals surface area contributed by atoms with Crippen LogP contribution in [0, 0.1) is 5.82 Å². The molecule has 9 heteroatoms. The molecule has 0 aliphatic heterocycles. The molecule has 0 bridgehead atoms. The number of amides is 1. The van der Waals surface area contributed by atoms with E-state index in [4.69, 9.17) is 9.47 Å². The Balaban J connectivity index is 2.10. The van der Waals surface area contributed by atoms with Crippen LogP contribution in [0.15, 0.2) is 60.8 Å². The fourth-order valence-electron chi connectivity index (χ4n) is 2.59. The molecule has 0 saturated heterocycles. The van der Waals surface area contributed by atoms with Gasteiger partial charge in [-0.1, -0.05) is 0 Å². The first-order chi connectivity index (χ1) is 13.8. The van der Waals surface area contributed by atoms with Crippen LogP contribution < -0.4 is 14.2 Å². The Morgan fingerprint density at radius 3 is 2.45 bits per heavy atom. The number of methoxy groups -OCH3 is 1. The summed E-state index contributed by atoms with van der Waals surface area (Å²) in [6.45, 7) is 0. The molecule has 1 N–H and O–H groups in total. The molecule has 2 aromatic carbocycles. The molecular formula is C20H17FN2O5S. The Hall–Kier alpha value is -3.46. The number of nitrogens with zero attached hydrogens (tertiary/aromatic N) is 1. The molecule has 0 fully saturated rings. The van der Waals surface area contributed by atoms with Crippen molar-refractivity contribution in [2.24, 2.45) is 0 Å². The van der Waals surface area contributed by atoms with E-state index in [9.17, 15) is 17.6 Å². The van der Waals surface area contributed by atoms with Crippen molar-refractivity contribution in [2.45, 2.75) is 0 Å². The van der Waals surface area contributed by atoms with Gasteiger partial charge in [0.05, 0.1) is 13.4 Å². The summed E-state index contributed by atoms with van der Waals surface area (Å²) in [5.74, 6) is -0.177. The fraction of sp³-hybridized carbons (Fsp3) is 0.100. The molecule has 0 spiro atoms. The van der Waals surface area contributed by atoms with E-state index in [-0.39, 0.29) is 11.4 Å². The lowest BCUT2D eigenvalue weighted by atomic mass is 10.0. The Bertz CT molecular complexity index is 1150. The number of nitrogens with one attached hydrogen (secondary N) is 1. The predicted molar refractivity (Wildman–Crippen MR) is 105 cm³/mol. The van der Waals surface area contributed by atoms with Crippen LogP contribution >= 0.6 is 0 Å². The predicted octanol–water partition coefficient (Wildman–Crippen LogP) is 3.38. The summed E-state index contributed by atoms with van der Waals surface area (Å²) in [7, 11) is -2.28. The molecular weight excluding hydrogens is 399 g/mol. The molecule has 150 valence electrons. The topological polar surface area (TPSA) is 94.6 Å². The third-order valence-electron chi connectivity index (χ3n) is 3.82. The number of halogens is 1. The summed E-state index contributed by atoms with van der Waals surface area (Å²) >= 11 is 0. The molecule has 0 radical (unpaired) electrons. The van der Waals surface area contributed by atoms with Crippen LogP contribution in [0.1, 0.15) is 10.4 Å². The number of sulfonamides is 1. The van der Waals surface area contributed by atoms with Crippen molar-refractivity contribution in [1.82, 2.24) is 9.71 Å². The number of aromatic nitrogens is 1. The zero-order valence-electron chi connectivity index (χ0n) is 15.5. The van der Waals surface area contributed by atoms with Crippen LogP contribution in [0.2, 0.25) is 0 Å². The van der Waals surface area contributed by atoms with Gasteiger partial charge in [0, 0.05) is 22.9 Å². The number of carbonyl (C=O) groups excluding carboxylic acids is 1. The Kier molecular flexibility index (Phi) is 5.79. The van der Waals surface area contributed by atoms with E-state index >= 15 is 0 Å². The minimum atomic E-state index is -3.73. The molecule has 1 heterocycles. The lowest BCUT2D eigenvalue weighted by Gasteiger charge is -2.15. The van der Waals surface area contributed by atoms with Gasteiger partial charge in [0.25, 0.3) is 5.91 Å². The van der Waals surface area contributed by atoms with Gasteiger partial charge in [-0.15, -0.1) is 0 Å². The second-order valence-corrected chi connectivity index (χ2v) is 7.78. The lowest BCUT2D eigenvalue weighted by Crippen LogP contribution is -2.29.